The molecule has 1 spiro atoms. The maximum atomic E-state index is 15.7. The fourth-order valence-electron chi connectivity index (χ4n) is 6.98. The number of aromatic carboxylic acids is 1. The predicted molar refractivity (Wildman–Crippen MR) is 157 cm³/mol. The normalized spacial score (nSPS) is 19.2. The Labute approximate surface area is 238 Å². The average molecular weight is 574 g/mol. The van der Waals surface area contributed by atoms with E-state index in [4.69, 9.17) is 0 Å². The smallest absolute Gasteiger partial charge is 0.341 e. The van der Waals surface area contributed by atoms with E-state index in [1.807, 2.05) is 0 Å². The van der Waals surface area contributed by atoms with Crippen LogP contribution in [0.3, 0.4) is 0 Å². The molecule has 2 saturated heterocycles. The summed E-state index contributed by atoms with van der Waals surface area (Å²) in [6, 6.07) is 2.73. The third-order valence-corrected chi connectivity index (χ3v) is 9.18. The van der Waals surface area contributed by atoms with E-state index in [0.717, 1.165) is 31.9 Å². The molecule has 10 nitrogen and oxygen atoms in total. The van der Waals surface area contributed by atoms with E-state index < -0.39 is 23.0 Å². The Kier molecular flexibility index (Phi) is 5.78. The fraction of sp³-hybridized carbons (Fsp3) is 0.333. The molecule has 6 heterocycles. The summed E-state index contributed by atoms with van der Waals surface area (Å²) in [6.07, 6.45) is 7.54. The van der Waals surface area contributed by atoms with E-state index in [-0.39, 0.29) is 21.9 Å². The van der Waals surface area contributed by atoms with Crippen LogP contribution in [0.4, 0.5) is 20.2 Å². The van der Waals surface area contributed by atoms with Crippen molar-refractivity contribution < 1.29 is 18.7 Å². The van der Waals surface area contributed by atoms with Crippen molar-refractivity contribution in [2.24, 2.45) is 7.05 Å². The molecular formula is C30H29F2N7O3. The number of hydrogen-bond acceptors (Lipinski definition) is 7. The number of aromatic amines is 1. The van der Waals surface area contributed by atoms with Crippen LogP contribution >= 0.6 is 0 Å². The molecule has 0 amide bonds. The number of aromatic nitrogens is 4. The number of aryl methyl sites for hydroxylation is 1. The summed E-state index contributed by atoms with van der Waals surface area (Å²) in [5, 5.41) is 13.2. The standard InChI is InChI=1S/C30H29F2N7O3/c1-33-20-10-19(31)23(32)21-22-25(39-8-6-30(14-39)5-4-7-38(30)3)17(12-34-27(22)36-24(20)21)15-9-16-26(40)18(29(41)42)13-37(2)28(16)35-11-15/h9-13,33H,4-8,14H2,1-3H3,(H,34,36)(H,41,42). The number of pyridine rings is 3. The van der Waals surface area contributed by atoms with E-state index in [1.54, 1.807) is 32.6 Å². The number of carbonyl (C=O) groups is 1. The number of likely N-dealkylation sites (N-methyl/N-ethyl adjacent to an activating group) is 1. The number of halogens is 2. The van der Waals surface area contributed by atoms with Crippen LogP contribution in [0.1, 0.15) is 29.6 Å². The number of rotatable bonds is 4. The average Bonchev–Trinajstić information content (AvgIpc) is 3.69. The first-order valence-corrected chi connectivity index (χ1v) is 13.8. The van der Waals surface area contributed by atoms with E-state index in [2.05, 4.69) is 37.1 Å². The number of nitrogens with zero attached hydrogens (tertiary/aromatic N) is 5. The van der Waals surface area contributed by atoms with Gasteiger partial charge in [-0.15, -0.1) is 0 Å². The van der Waals surface area contributed by atoms with Crippen molar-refractivity contribution in [2.45, 2.75) is 24.8 Å². The zero-order valence-electron chi connectivity index (χ0n) is 23.4. The Balaban J connectivity index is 1.55. The molecule has 1 unspecified atom stereocenters. The van der Waals surface area contributed by atoms with Crippen molar-refractivity contribution in [3.05, 3.63) is 58.1 Å². The van der Waals surface area contributed by atoms with Gasteiger partial charge in [0.15, 0.2) is 11.6 Å². The highest BCUT2D eigenvalue weighted by Gasteiger charge is 2.45. The summed E-state index contributed by atoms with van der Waals surface area (Å²) in [6.45, 7) is 2.36. The second-order valence-electron chi connectivity index (χ2n) is 11.4. The van der Waals surface area contributed by atoms with Gasteiger partial charge >= 0.3 is 5.97 Å². The molecular weight excluding hydrogens is 544 g/mol. The Morgan fingerprint density at radius 3 is 2.64 bits per heavy atom. The molecule has 1 aromatic carbocycles. The first-order valence-electron chi connectivity index (χ1n) is 13.8. The van der Waals surface area contributed by atoms with Gasteiger partial charge in [0.1, 0.15) is 16.9 Å². The molecule has 1 atom stereocenters. The fourth-order valence-corrected chi connectivity index (χ4v) is 6.98. The van der Waals surface area contributed by atoms with E-state index in [1.165, 1.54) is 10.8 Å². The summed E-state index contributed by atoms with van der Waals surface area (Å²) in [7, 11) is 5.40. The van der Waals surface area contributed by atoms with Gasteiger partial charge in [0.05, 0.1) is 33.1 Å². The SMILES string of the molecule is CNc1cc(F)c(F)c2c1[nH]c1ncc(-c3cnc4c(c3)c(=O)c(C(=O)O)cn4C)c(N3CCC4(CCCN4C)C3)c12. The van der Waals surface area contributed by atoms with Gasteiger partial charge in [-0.1, -0.05) is 0 Å². The number of nitrogens with one attached hydrogen (secondary N) is 2. The summed E-state index contributed by atoms with van der Waals surface area (Å²) < 4.78 is 32.1. The molecule has 5 aromatic rings. The Bertz CT molecular complexity index is 2020. The van der Waals surface area contributed by atoms with Crippen LogP contribution in [0.15, 0.2) is 35.5 Å². The van der Waals surface area contributed by atoms with Crippen LogP contribution in [0.5, 0.6) is 0 Å². The minimum Gasteiger partial charge on any atom is -0.477 e. The molecule has 0 aliphatic carbocycles. The zero-order chi connectivity index (χ0) is 29.5. The third-order valence-electron chi connectivity index (χ3n) is 9.18. The third kappa shape index (κ3) is 3.64. The summed E-state index contributed by atoms with van der Waals surface area (Å²) in [5.41, 5.74) is 2.28. The molecule has 42 heavy (non-hydrogen) atoms. The molecule has 0 bridgehead atoms. The number of H-pyrrole nitrogens is 1. The molecule has 216 valence electrons. The lowest BCUT2D eigenvalue weighted by Crippen LogP contribution is -2.43. The van der Waals surface area contributed by atoms with Crippen molar-refractivity contribution in [3.8, 4) is 11.1 Å². The first-order chi connectivity index (χ1) is 20.1. The number of carboxylic acid groups (broad SMARTS) is 1. The summed E-state index contributed by atoms with van der Waals surface area (Å²) in [5.74, 6) is -3.28. The molecule has 2 aliphatic rings. The Morgan fingerprint density at radius 2 is 1.93 bits per heavy atom. The number of hydrogen-bond donors (Lipinski definition) is 3. The van der Waals surface area contributed by atoms with Crippen LogP contribution in [-0.4, -0.2) is 74.8 Å². The molecule has 3 N–H and O–H groups in total. The van der Waals surface area contributed by atoms with Crippen molar-refractivity contribution in [3.63, 3.8) is 0 Å². The van der Waals surface area contributed by atoms with Gasteiger partial charge in [-0.3, -0.25) is 9.69 Å². The lowest BCUT2D eigenvalue weighted by Gasteiger charge is -2.33. The number of fused-ring (bicyclic) bond motifs is 4. The Hall–Kier alpha value is -4.58. The number of carboxylic acids is 1. The van der Waals surface area contributed by atoms with Gasteiger partial charge in [-0.05, 0) is 38.9 Å². The van der Waals surface area contributed by atoms with Crippen LogP contribution in [-0.2, 0) is 7.05 Å². The molecule has 0 radical (unpaired) electrons. The summed E-state index contributed by atoms with van der Waals surface area (Å²) >= 11 is 0. The Morgan fingerprint density at radius 1 is 1.12 bits per heavy atom. The van der Waals surface area contributed by atoms with Crippen LogP contribution in [0, 0.1) is 11.6 Å². The lowest BCUT2D eigenvalue weighted by molar-refractivity contribution is 0.0695. The van der Waals surface area contributed by atoms with Crippen LogP contribution in [0.25, 0.3) is 44.1 Å². The second-order valence-corrected chi connectivity index (χ2v) is 11.4. The van der Waals surface area contributed by atoms with Gasteiger partial charge in [0.2, 0.25) is 5.43 Å². The van der Waals surface area contributed by atoms with Gasteiger partial charge in [0, 0.05) is 68.5 Å². The highest BCUT2D eigenvalue weighted by Crippen LogP contribution is 2.47. The molecule has 12 heteroatoms. The van der Waals surface area contributed by atoms with Gasteiger partial charge in [0.25, 0.3) is 0 Å². The van der Waals surface area contributed by atoms with Crippen molar-refractivity contribution in [1.82, 2.24) is 24.4 Å². The molecule has 0 saturated carbocycles. The lowest BCUT2D eigenvalue weighted by atomic mass is 9.95. The maximum absolute atomic E-state index is 15.7. The van der Waals surface area contributed by atoms with Crippen molar-refractivity contribution in [2.75, 3.05) is 43.9 Å². The van der Waals surface area contributed by atoms with Crippen molar-refractivity contribution >= 4 is 50.3 Å². The minimum atomic E-state index is -1.33. The van der Waals surface area contributed by atoms with Gasteiger partial charge in [-0.2, -0.15) is 0 Å². The molecule has 4 aromatic heterocycles. The topological polar surface area (TPSA) is 119 Å². The van der Waals surface area contributed by atoms with E-state index in [9.17, 15) is 19.1 Å². The zero-order valence-corrected chi connectivity index (χ0v) is 23.4. The number of anilines is 2. The highest BCUT2D eigenvalue weighted by atomic mass is 19.2. The van der Waals surface area contributed by atoms with Crippen LogP contribution < -0.4 is 15.6 Å². The van der Waals surface area contributed by atoms with E-state index in [0.29, 0.717) is 57.8 Å². The first kappa shape index (κ1) is 26.3. The van der Waals surface area contributed by atoms with Crippen LogP contribution in [0.2, 0.25) is 0 Å². The van der Waals surface area contributed by atoms with Gasteiger partial charge < -0.3 is 24.9 Å². The largest absolute Gasteiger partial charge is 0.477 e. The predicted octanol–water partition coefficient (Wildman–Crippen LogP) is 4.32. The van der Waals surface area contributed by atoms with Crippen molar-refractivity contribution in [1.29, 1.82) is 0 Å². The quantitative estimate of drug-likeness (QED) is 0.291. The number of likely N-dealkylation sites (tertiary alicyclic amines) is 1. The summed E-state index contributed by atoms with van der Waals surface area (Å²) in [4.78, 5) is 41.9. The molecule has 7 rings (SSSR count). The minimum absolute atomic E-state index is 0.0349. The van der Waals surface area contributed by atoms with E-state index >= 15 is 4.39 Å². The number of benzene rings is 1. The molecule has 2 aliphatic heterocycles. The van der Waals surface area contributed by atoms with Gasteiger partial charge in [-0.25, -0.2) is 23.5 Å². The molecule has 2 fully saturated rings. The monoisotopic (exact) mass is 573 g/mol. The highest BCUT2D eigenvalue weighted by molar-refractivity contribution is 6.18. The maximum Gasteiger partial charge on any atom is 0.341 e. The second kappa shape index (κ2) is 9.21.